The number of likely N-dealkylation sites (tertiary alicyclic amines) is 1. The van der Waals surface area contributed by atoms with Crippen LogP contribution in [0.25, 0.3) is 0 Å². The van der Waals surface area contributed by atoms with Crippen LogP contribution in [0.15, 0.2) is 12.7 Å². The molecule has 1 saturated heterocycles. The highest BCUT2D eigenvalue weighted by atomic mass is 16.4. The molecule has 0 saturated carbocycles. The van der Waals surface area contributed by atoms with Crippen molar-refractivity contribution in [1.82, 2.24) is 4.90 Å². The normalized spacial score (nSPS) is 22.5. The number of nitrogens with zero attached hydrogens (tertiary/aromatic N) is 1. The highest BCUT2D eigenvalue weighted by Gasteiger charge is 2.26. The lowest BCUT2D eigenvalue weighted by atomic mass is 9.98. The summed E-state index contributed by atoms with van der Waals surface area (Å²) in [6.45, 7) is 4.33. The van der Waals surface area contributed by atoms with E-state index in [1.54, 1.807) is 0 Å². The number of carboxylic acids is 1. The molecule has 4 heteroatoms. The van der Waals surface area contributed by atoms with Crippen LogP contribution < -0.4 is 0 Å². The number of carboxylic acid groups (broad SMARTS) is 1. The third-order valence-electron chi connectivity index (χ3n) is 2.26. The quantitative estimate of drug-likeness (QED) is 0.634. The van der Waals surface area contributed by atoms with Crippen molar-refractivity contribution < 1.29 is 14.7 Å². The van der Waals surface area contributed by atoms with E-state index in [1.807, 2.05) is 0 Å². The van der Waals surface area contributed by atoms with Gasteiger partial charge in [0.2, 0.25) is 5.91 Å². The van der Waals surface area contributed by atoms with Crippen LogP contribution in [0.5, 0.6) is 0 Å². The fourth-order valence-electron chi connectivity index (χ4n) is 1.51. The molecule has 0 aromatic rings. The van der Waals surface area contributed by atoms with Gasteiger partial charge >= 0.3 is 5.97 Å². The van der Waals surface area contributed by atoms with Gasteiger partial charge in [-0.25, -0.2) is 0 Å². The van der Waals surface area contributed by atoms with Gasteiger partial charge in [0.25, 0.3) is 0 Å². The highest BCUT2D eigenvalue weighted by molar-refractivity contribution is 5.87. The Bertz CT molecular complexity index is 237. The van der Waals surface area contributed by atoms with Gasteiger partial charge in [-0.05, 0) is 18.9 Å². The molecule has 0 spiro atoms. The van der Waals surface area contributed by atoms with Gasteiger partial charge < -0.3 is 10.0 Å². The van der Waals surface area contributed by atoms with E-state index in [0.29, 0.717) is 19.5 Å². The zero-order valence-corrected chi connectivity index (χ0v) is 7.40. The molecule has 0 aromatic heterocycles. The van der Waals surface area contributed by atoms with Crippen LogP contribution in [-0.2, 0) is 9.59 Å². The maximum absolute atomic E-state index is 11.1. The Morgan fingerprint density at radius 2 is 2.23 bits per heavy atom. The van der Waals surface area contributed by atoms with Crippen molar-refractivity contribution in [2.75, 3.05) is 13.1 Å². The van der Waals surface area contributed by atoms with Crippen LogP contribution in [0, 0.1) is 5.92 Å². The lowest BCUT2D eigenvalue weighted by Crippen LogP contribution is -2.41. The Kier molecular flexibility index (Phi) is 3.06. The summed E-state index contributed by atoms with van der Waals surface area (Å²) < 4.78 is 0. The van der Waals surface area contributed by atoms with E-state index in [2.05, 4.69) is 6.58 Å². The Labute approximate surface area is 76.8 Å². The molecule has 72 valence electrons. The smallest absolute Gasteiger partial charge is 0.308 e. The first-order valence-electron chi connectivity index (χ1n) is 4.29. The zero-order valence-electron chi connectivity index (χ0n) is 7.40. The van der Waals surface area contributed by atoms with E-state index in [9.17, 15) is 9.59 Å². The summed E-state index contributed by atoms with van der Waals surface area (Å²) in [7, 11) is 0. The molecular weight excluding hydrogens is 170 g/mol. The second kappa shape index (κ2) is 4.07. The monoisotopic (exact) mass is 183 g/mol. The van der Waals surface area contributed by atoms with Gasteiger partial charge in [0.1, 0.15) is 0 Å². The Morgan fingerprint density at radius 3 is 2.77 bits per heavy atom. The largest absolute Gasteiger partial charge is 0.481 e. The third-order valence-corrected chi connectivity index (χ3v) is 2.26. The van der Waals surface area contributed by atoms with Crippen molar-refractivity contribution in [3.05, 3.63) is 12.7 Å². The molecule has 1 N–H and O–H groups in total. The van der Waals surface area contributed by atoms with Crippen molar-refractivity contribution in [2.45, 2.75) is 12.8 Å². The minimum absolute atomic E-state index is 0.175. The SMILES string of the molecule is C=CC(=O)N1CCC[C@H](C(=O)O)C1. The van der Waals surface area contributed by atoms with E-state index >= 15 is 0 Å². The number of rotatable bonds is 2. The number of hydrogen-bond acceptors (Lipinski definition) is 2. The Balaban J connectivity index is 2.56. The van der Waals surface area contributed by atoms with Crippen molar-refractivity contribution >= 4 is 11.9 Å². The minimum Gasteiger partial charge on any atom is -0.481 e. The zero-order chi connectivity index (χ0) is 9.84. The summed E-state index contributed by atoms with van der Waals surface area (Å²) in [6.07, 6.45) is 2.65. The fourth-order valence-corrected chi connectivity index (χ4v) is 1.51. The number of piperidine rings is 1. The van der Waals surface area contributed by atoms with Crippen molar-refractivity contribution in [2.24, 2.45) is 5.92 Å². The van der Waals surface area contributed by atoms with Gasteiger partial charge in [-0.3, -0.25) is 9.59 Å². The molecule has 1 rings (SSSR count). The average Bonchev–Trinajstić information content (AvgIpc) is 2.17. The first kappa shape index (κ1) is 9.77. The standard InChI is InChI=1S/C9H13NO3/c1-2-8(11)10-5-3-4-7(6-10)9(12)13/h2,7H,1,3-6H2,(H,12,13)/t7-/m0/s1. The summed E-state index contributed by atoms with van der Waals surface area (Å²) in [5, 5.41) is 8.75. The third kappa shape index (κ3) is 2.31. The highest BCUT2D eigenvalue weighted by Crippen LogP contribution is 2.16. The van der Waals surface area contributed by atoms with E-state index in [-0.39, 0.29) is 5.91 Å². The molecule has 4 nitrogen and oxygen atoms in total. The second-order valence-corrected chi connectivity index (χ2v) is 3.17. The summed E-state index contributed by atoms with van der Waals surface area (Å²) in [5.41, 5.74) is 0. The number of amides is 1. The molecule has 0 aromatic carbocycles. The Morgan fingerprint density at radius 1 is 1.54 bits per heavy atom. The van der Waals surface area contributed by atoms with Crippen LogP contribution >= 0.6 is 0 Å². The molecule has 1 heterocycles. The van der Waals surface area contributed by atoms with E-state index in [1.165, 1.54) is 11.0 Å². The summed E-state index contributed by atoms with van der Waals surface area (Å²) in [5.74, 6) is -1.40. The Hall–Kier alpha value is -1.32. The van der Waals surface area contributed by atoms with Crippen LogP contribution in [0.1, 0.15) is 12.8 Å². The molecule has 13 heavy (non-hydrogen) atoms. The van der Waals surface area contributed by atoms with Gasteiger partial charge in [-0.15, -0.1) is 0 Å². The molecule has 1 fully saturated rings. The maximum atomic E-state index is 11.1. The lowest BCUT2D eigenvalue weighted by molar-refractivity contribution is -0.144. The molecule has 1 aliphatic rings. The summed E-state index contributed by atoms with van der Waals surface area (Å²) in [4.78, 5) is 23.3. The summed E-state index contributed by atoms with van der Waals surface area (Å²) >= 11 is 0. The minimum atomic E-state index is -0.818. The van der Waals surface area contributed by atoms with Crippen molar-refractivity contribution in [3.8, 4) is 0 Å². The number of aliphatic carboxylic acids is 1. The predicted octanol–water partition coefficient (Wildman–Crippen LogP) is 0.496. The molecular formula is C9H13NO3. The van der Waals surface area contributed by atoms with Crippen LogP contribution in [0.3, 0.4) is 0 Å². The fraction of sp³-hybridized carbons (Fsp3) is 0.556. The maximum Gasteiger partial charge on any atom is 0.308 e. The topological polar surface area (TPSA) is 57.6 Å². The first-order valence-corrected chi connectivity index (χ1v) is 4.29. The van der Waals surface area contributed by atoms with Crippen LogP contribution in [0.2, 0.25) is 0 Å². The molecule has 1 aliphatic heterocycles. The summed E-state index contributed by atoms with van der Waals surface area (Å²) in [6, 6.07) is 0. The van der Waals surface area contributed by atoms with Crippen LogP contribution in [0.4, 0.5) is 0 Å². The van der Waals surface area contributed by atoms with Crippen molar-refractivity contribution in [1.29, 1.82) is 0 Å². The molecule has 0 aliphatic carbocycles. The van der Waals surface area contributed by atoms with Crippen LogP contribution in [-0.4, -0.2) is 35.0 Å². The predicted molar refractivity (Wildman–Crippen MR) is 47.1 cm³/mol. The second-order valence-electron chi connectivity index (χ2n) is 3.17. The van der Waals surface area contributed by atoms with Gasteiger partial charge in [0.05, 0.1) is 5.92 Å². The lowest BCUT2D eigenvalue weighted by Gasteiger charge is -2.29. The number of carbonyl (C=O) groups is 2. The van der Waals surface area contributed by atoms with E-state index in [0.717, 1.165) is 6.42 Å². The molecule has 0 bridgehead atoms. The van der Waals surface area contributed by atoms with Gasteiger partial charge in [-0.2, -0.15) is 0 Å². The molecule has 1 atom stereocenters. The first-order chi connectivity index (χ1) is 6.15. The van der Waals surface area contributed by atoms with Gasteiger partial charge in [0, 0.05) is 13.1 Å². The molecule has 0 unspecified atom stereocenters. The number of carbonyl (C=O) groups excluding carboxylic acids is 1. The molecule has 0 radical (unpaired) electrons. The molecule has 1 amide bonds. The van der Waals surface area contributed by atoms with E-state index < -0.39 is 11.9 Å². The number of hydrogen-bond donors (Lipinski definition) is 1. The average molecular weight is 183 g/mol. The van der Waals surface area contributed by atoms with E-state index in [4.69, 9.17) is 5.11 Å². The van der Waals surface area contributed by atoms with Crippen molar-refractivity contribution in [3.63, 3.8) is 0 Å². The van der Waals surface area contributed by atoms with Gasteiger partial charge in [-0.1, -0.05) is 6.58 Å². The van der Waals surface area contributed by atoms with Gasteiger partial charge in [0.15, 0.2) is 0 Å².